The average molecular weight is 408 g/mol. The zero-order valence-electron chi connectivity index (χ0n) is 16.9. The van der Waals surface area contributed by atoms with Gasteiger partial charge in [-0.2, -0.15) is 10.4 Å². The van der Waals surface area contributed by atoms with E-state index in [0.717, 1.165) is 28.1 Å². The number of aromatic nitrogens is 4. The summed E-state index contributed by atoms with van der Waals surface area (Å²) in [7, 11) is 1.83. The lowest BCUT2D eigenvalue weighted by molar-refractivity contribution is 0.358. The number of rotatable bonds is 4. The minimum atomic E-state index is -0.349. The molecular formula is C24H20N6O. The van der Waals surface area contributed by atoms with Crippen molar-refractivity contribution in [2.24, 2.45) is 12.8 Å². The summed E-state index contributed by atoms with van der Waals surface area (Å²) in [6.45, 7) is 0. The van der Waals surface area contributed by atoms with Gasteiger partial charge in [0, 0.05) is 31.5 Å². The van der Waals surface area contributed by atoms with Gasteiger partial charge in [-0.15, -0.1) is 0 Å². The number of imidazole rings is 1. The Morgan fingerprint density at radius 2 is 1.90 bits per heavy atom. The normalized spacial score (nSPS) is 15.3. The number of hydrogen-bond donors (Lipinski definition) is 1. The Morgan fingerprint density at radius 3 is 2.58 bits per heavy atom. The van der Waals surface area contributed by atoms with E-state index in [1.165, 1.54) is 0 Å². The van der Waals surface area contributed by atoms with Crippen molar-refractivity contribution in [2.75, 3.05) is 0 Å². The highest BCUT2D eigenvalue weighted by Gasteiger charge is 2.36. The Hall–Kier alpha value is -4.31. The molecule has 7 heteroatoms. The van der Waals surface area contributed by atoms with Gasteiger partial charge in [-0.3, -0.25) is 0 Å². The predicted molar refractivity (Wildman–Crippen MR) is 115 cm³/mol. The molecule has 0 spiro atoms. The van der Waals surface area contributed by atoms with Gasteiger partial charge in [-0.25, -0.2) is 9.67 Å². The third-order valence-electron chi connectivity index (χ3n) is 5.52. The van der Waals surface area contributed by atoms with E-state index in [9.17, 15) is 5.26 Å². The zero-order valence-corrected chi connectivity index (χ0v) is 16.9. The molecule has 1 aliphatic heterocycles. The highest BCUT2D eigenvalue weighted by Crippen LogP contribution is 2.44. The van der Waals surface area contributed by atoms with Gasteiger partial charge in [-0.1, -0.05) is 42.5 Å². The first-order valence-corrected chi connectivity index (χ1v) is 9.91. The Balaban J connectivity index is 1.62. The van der Waals surface area contributed by atoms with Gasteiger partial charge in [-0.05, 0) is 23.3 Å². The highest BCUT2D eigenvalue weighted by atomic mass is 16.5. The number of benzene rings is 2. The Bertz CT molecular complexity index is 1290. The van der Waals surface area contributed by atoms with Crippen LogP contribution in [0.1, 0.15) is 28.3 Å². The number of hydrogen-bond acceptors (Lipinski definition) is 5. The van der Waals surface area contributed by atoms with Crippen LogP contribution in [0.5, 0.6) is 5.88 Å². The van der Waals surface area contributed by atoms with Crippen LogP contribution in [0.25, 0.3) is 5.69 Å². The lowest BCUT2D eigenvalue weighted by atomic mass is 9.83. The molecule has 4 aromatic rings. The fourth-order valence-corrected chi connectivity index (χ4v) is 4.06. The molecule has 0 fully saturated rings. The molecule has 0 saturated heterocycles. The van der Waals surface area contributed by atoms with Crippen molar-refractivity contribution in [2.45, 2.75) is 12.3 Å². The number of nitrogens with two attached hydrogens (primary N) is 1. The average Bonchev–Trinajstić information content (AvgIpc) is 3.43. The lowest BCUT2D eigenvalue weighted by Crippen LogP contribution is -2.22. The molecule has 31 heavy (non-hydrogen) atoms. The summed E-state index contributed by atoms with van der Waals surface area (Å²) >= 11 is 0. The van der Waals surface area contributed by atoms with Crippen LogP contribution in [0.2, 0.25) is 0 Å². The molecule has 1 aliphatic rings. The van der Waals surface area contributed by atoms with Gasteiger partial charge < -0.3 is 15.0 Å². The van der Waals surface area contributed by atoms with E-state index in [1.54, 1.807) is 17.2 Å². The van der Waals surface area contributed by atoms with Crippen LogP contribution in [0.4, 0.5) is 0 Å². The molecule has 2 N–H and O–H groups in total. The molecule has 0 amide bonds. The largest absolute Gasteiger partial charge is 0.422 e. The molecule has 152 valence electrons. The molecule has 0 aliphatic carbocycles. The molecule has 1 unspecified atom stereocenters. The molecule has 1 atom stereocenters. The fraction of sp³-hybridized carbons (Fsp3) is 0.125. The molecule has 0 radical (unpaired) electrons. The van der Waals surface area contributed by atoms with Crippen molar-refractivity contribution in [3.8, 4) is 17.6 Å². The Morgan fingerprint density at radius 1 is 1.13 bits per heavy atom. The first-order chi connectivity index (χ1) is 15.2. The van der Waals surface area contributed by atoms with Crippen LogP contribution < -0.4 is 10.5 Å². The molecule has 0 bridgehead atoms. The molecule has 2 aromatic heterocycles. The number of fused-ring (bicyclic) bond motifs is 1. The van der Waals surface area contributed by atoms with E-state index in [2.05, 4.69) is 23.2 Å². The number of allylic oxidation sites excluding steroid dienone is 1. The number of aryl methyl sites for hydroxylation is 1. The number of nitrogens with zero attached hydrogens (tertiary/aromatic N) is 5. The minimum absolute atomic E-state index is 0.118. The quantitative estimate of drug-likeness (QED) is 0.558. The zero-order chi connectivity index (χ0) is 21.4. The number of nitriles is 1. The maximum absolute atomic E-state index is 9.90. The van der Waals surface area contributed by atoms with E-state index in [1.807, 2.05) is 60.3 Å². The summed E-state index contributed by atoms with van der Waals surface area (Å²) in [6.07, 6.45) is 6.01. The van der Waals surface area contributed by atoms with Crippen LogP contribution in [-0.2, 0) is 13.5 Å². The number of ether oxygens (including phenoxy) is 1. The molecule has 2 aromatic carbocycles. The van der Waals surface area contributed by atoms with Crippen LogP contribution >= 0.6 is 0 Å². The molecule has 7 nitrogen and oxygen atoms in total. The summed E-state index contributed by atoms with van der Waals surface area (Å²) in [5.74, 6) is 0.345. The fourth-order valence-electron chi connectivity index (χ4n) is 4.06. The smallest absolute Gasteiger partial charge is 0.224 e. The van der Waals surface area contributed by atoms with Crippen LogP contribution in [-0.4, -0.2) is 19.3 Å². The summed E-state index contributed by atoms with van der Waals surface area (Å²) in [4.78, 5) is 4.10. The Kier molecular flexibility index (Phi) is 4.53. The summed E-state index contributed by atoms with van der Waals surface area (Å²) < 4.78 is 9.47. The monoisotopic (exact) mass is 408 g/mol. The molecule has 0 saturated carbocycles. The van der Waals surface area contributed by atoms with Crippen molar-refractivity contribution >= 4 is 0 Å². The van der Waals surface area contributed by atoms with Gasteiger partial charge in [0.1, 0.15) is 11.6 Å². The van der Waals surface area contributed by atoms with Crippen molar-refractivity contribution in [1.82, 2.24) is 19.3 Å². The first-order valence-electron chi connectivity index (χ1n) is 9.91. The van der Waals surface area contributed by atoms with Crippen molar-refractivity contribution in [3.05, 3.63) is 107 Å². The maximum atomic E-state index is 9.90. The molecule has 5 rings (SSSR count). The maximum Gasteiger partial charge on any atom is 0.224 e. The van der Waals surface area contributed by atoms with E-state index in [0.29, 0.717) is 17.9 Å². The summed E-state index contributed by atoms with van der Waals surface area (Å²) in [6, 6.07) is 20.4. The van der Waals surface area contributed by atoms with Crippen molar-refractivity contribution in [3.63, 3.8) is 0 Å². The third-order valence-corrected chi connectivity index (χ3v) is 5.52. The lowest BCUT2D eigenvalue weighted by Gasteiger charge is -2.25. The summed E-state index contributed by atoms with van der Waals surface area (Å²) in [5.41, 5.74) is 11.4. The van der Waals surface area contributed by atoms with Gasteiger partial charge in [0.25, 0.3) is 0 Å². The second-order valence-corrected chi connectivity index (χ2v) is 7.44. The predicted octanol–water partition coefficient (Wildman–Crippen LogP) is 3.41. The van der Waals surface area contributed by atoms with Crippen LogP contribution in [0.15, 0.2) is 84.8 Å². The van der Waals surface area contributed by atoms with E-state index in [-0.39, 0.29) is 11.8 Å². The third kappa shape index (κ3) is 3.24. The minimum Gasteiger partial charge on any atom is -0.422 e. The van der Waals surface area contributed by atoms with Gasteiger partial charge in [0.15, 0.2) is 0 Å². The van der Waals surface area contributed by atoms with Gasteiger partial charge >= 0.3 is 0 Å². The molecule has 3 heterocycles. The van der Waals surface area contributed by atoms with Crippen LogP contribution in [0.3, 0.4) is 0 Å². The van der Waals surface area contributed by atoms with Crippen molar-refractivity contribution < 1.29 is 4.74 Å². The van der Waals surface area contributed by atoms with E-state index in [4.69, 9.17) is 15.6 Å². The second kappa shape index (κ2) is 7.50. The van der Waals surface area contributed by atoms with Crippen LogP contribution in [0, 0.1) is 11.3 Å². The van der Waals surface area contributed by atoms with Gasteiger partial charge in [0.2, 0.25) is 11.8 Å². The van der Waals surface area contributed by atoms with E-state index < -0.39 is 0 Å². The second-order valence-electron chi connectivity index (χ2n) is 7.44. The highest BCUT2D eigenvalue weighted by molar-refractivity contribution is 5.56. The molecular weight excluding hydrogens is 388 g/mol. The van der Waals surface area contributed by atoms with Gasteiger partial charge in [0.05, 0.1) is 23.5 Å². The summed E-state index contributed by atoms with van der Waals surface area (Å²) in [5, 5.41) is 14.6. The SMILES string of the molecule is Cn1nc(Cc2ccccc2)c2c1OC(N)=C(C#N)C2c1ccc(-n2ccnc2)cc1. The Labute approximate surface area is 179 Å². The first kappa shape index (κ1) is 18.7. The van der Waals surface area contributed by atoms with E-state index >= 15 is 0 Å². The standard InChI is InChI=1S/C24H20N6O/c1-29-24-22(20(28-29)13-16-5-3-2-4-6-16)21(19(14-25)23(26)31-24)17-7-9-18(10-8-17)30-12-11-27-15-30/h2-12,15,21H,13,26H2,1H3. The topological polar surface area (TPSA) is 94.7 Å². The van der Waals surface area contributed by atoms with Crippen molar-refractivity contribution in [1.29, 1.82) is 5.26 Å².